The molecule has 1 saturated carbocycles. The van der Waals surface area contributed by atoms with Gasteiger partial charge in [-0.05, 0) is 19.3 Å². The molecular formula is C13H22N4O. The van der Waals surface area contributed by atoms with Crippen LogP contribution in [0.3, 0.4) is 0 Å². The van der Waals surface area contributed by atoms with Crippen LogP contribution >= 0.6 is 0 Å². The van der Waals surface area contributed by atoms with Crippen molar-refractivity contribution < 1.29 is 4.79 Å². The van der Waals surface area contributed by atoms with Gasteiger partial charge in [0.1, 0.15) is 6.33 Å². The van der Waals surface area contributed by atoms with Crippen LogP contribution in [0.5, 0.6) is 0 Å². The molecule has 18 heavy (non-hydrogen) atoms. The zero-order valence-electron chi connectivity index (χ0n) is 11.2. The fourth-order valence-corrected chi connectivity index (χ4v) is 2.70. The second-order valence-corrected chi connectivity index (χ2v) is 5.28. The first kappa shape index (κ1) is 13.1. The molecule has 1 amide bonds. The Morgan fingerprint density at radius 3 is 2.89 bits per heavy atom. The molecule has 2 rings (SSSR count). The van der Waals surface area contributed by atoms with Crippen molar-refractivity contribution in [2.45, 2.75) is 51.5 Å². The predicted molar refractivity (Wildman–Crippen MR) is 68.8 cm³/mol. The standard InChI is InChI=1S/C13H22N4O/c1-10(13-16-14-9-17(13)2)15-12(18)8-7-11-5-3-4-6-11/h9-11H,3-8H2,1-2H3,(H,15,18). The van der Waals surface area contributed by atoms with Gasteiger partial charge in [0, 0.05) is 13.5 Å². The fraction of sp³-hybridized carbons (Fsp3) is 0.769. The van der Waals surface area contributed by atoms with Crippen LogP contribution in [0.1, 0.15) is 57.3 Å². The van der Waals surface area contributed by atoms with E-state index in [0.717, 1.165) is 18.2 Å². The Morgan fingerprint density at radius 2 is 2.28 bits per heavy atom. The van der Waals surface area contributed by atoms with Crippen molar-refractivity contribution in [3.63, 3.8) is 0 Å². The number of rotatable bonds is 5. The average Bonchev–Trinajstić information content (AvgIpc) is 2.97. The molecule has 1 unspecified atom stereocenters. The van der Waals surface area contributed by atoms with E-state index in [9.17, 15) is 4.79 Å². The number of hydrogen-bond acceptors (Lipinski definition) is 3. The number of carbonyl (C=O) groups excluding carboxylic acids is 1. The van der Waals surface area contributed by atoms with E-state index in [1.165, 1.54) is 25.7 Å². The van der Waals surface area contributed by atoms with Crippen LogP contribution in [-0.2, 0) is 11.8 Å². The van der Waals surface area contributed by atoms with Crippen LogP contribution in [0.4, 0.5) is 0 Å². The summed E-state index contributed by atoms with van der Waals surface area (Å²) in [4.78, 5) is 11.8. The van der Waals surface area contributed by atoms with Crippen molar-refractivity contribution in [3.05, 3.63) is 12.2 Å². The first-order chi connectivity index (χ1) is 8.66. The number of aryl methyl sites for hydroxylation is 1. The van der Waals surface area contributed by atoms with E-state index in [1.807, 2.05) is 18.5 Å². The van der Waals surface area contributed by atoms with Gasteiger partial charge in [-0.3, -0.25) is 4.79 Å². The van der Waals surface area contributed by atoms with Crippen molar-refractivity contribution in [3.8, 4) is 0 Å². The van der Waals surface area contributed by atoms with Crippen molar-refractivity contribution in [2.75, 3.05) is 0 Å². The fourth-order valence-electron chi connectivity index (χ4n) is 2.70. The van der Waals surface area contributed by atoms with Gasteiger partial charge in [-0.1, -0.05) is 25.7 Å². The van der Waals surface area contributed by atoms with E-state index in [-0.39, 0.29) is 11.9 Å². The molecule has 0 aliphatic heterocycles. The highest BCUT2D eigenvalue weighted by Gasteiger charge is 2.18. The Kier molecular flexibility index (Phi) is 4.33. The summed E-state index contributed by atoms with van der Waals surface area (Å²) in [5.74, 6) is 1.68. The summed E-state index contributed by atoms with van der Waals surface area (Å²) in [7, 11) is 1.89. The summed E-state index contributed by atoms with van der Waals surface area (Å²) >= 11 is 0. The third-order valence-electron chi connectivity index (χ3n) is 3.77. The minimum Gasteiger partial charge on any atom is -0.346 e. The Morgan fingerprint density at radius 1 is 1.56 bits per heavy atom. The van der Waals surface area contributed by atoms with E-state index in [4.69, 9.17) is 0 Å². The zero-order valence-corrected chi connectivity index (χ0v) is 11.2. The molecule has 1 aromatic rings. The zero-order chi connectivity index (χ0) is 13.0. The molecule has 5 heteroatoms. The summed E-state index contributed by atoms with van der Waals surface area (Å²) in [5.41, 5.74) is 0. The second kappa shape index (κ2) is 5.98. The highest BCUT2D eigenvalue weighted by atomic mass is 16.1. The quantitative estimate of drug-likeness (QED) is 0.869. The lowest BCUT2D eigenvalue weighted by Gasteiger charge is -2.14. The third kappa shape index (κ3) is 3.31. The van der Waals surface area contributed by atoms with Crippen LogP contribution in [0.15, 0.2) is 6.33 Å². The molecule has 0 spiro atoms. The van der Waals surface area contributed by atoms with Gasteiger partial charge >= 0.3 is 0 Å². The highest BCUT2D eigenvalue weighted by Crippen LogP contribution is 2.28. The van der Waals surface area contributed by atoms with Gasteiger partial charge in [-0.15, -0.1) is 10.2 Å². The second-order valence-electron chi connectivity index (χ2n) is 5.28. The monoisotopic (exact) mass is 250 g/mol. The number of carbonyl (C=O) groups is 1. The largest absolute Gasteiger partial charge is 0.346 e. The summed E-state index contributed by atoms with van der Waals surface area (Å²) < 4.78 is 1.84. The predicted octanol–water partition coefficient (Wildman–Crippen LogP) is 1.96. The molecule has 0 aromatic carbocycles. The van der Waals surface area contributed by atoms with Crippen LogP contribution in [0, 0.1) is 5.92 Å². The van der Waals surface area contributed by atoms with Crippen molar-refractivity contribution in [2.24, 2.45) is 13.0 Å². The summed E-state index contributed by atoms with van der Waals surface area (Å²) in [6, 6.07) is -0.0754. The molecular weight excluding hydrogens is 228 g/mol. The number of amides is 1. The molecule has 1 N–H and O–H groups in total. The van der Waals surface area contributed by atoms with Crippen molar-refractivity contribution in [1.29, 1.82) is 0 Å². The molecule has 1 fully saturated rings. The average molecular weight is 250 g/mol. The van der Waals surface area contributed by atoms with Gasteiger partial charge in [-0.25, -0.2) is 0 Å². The van der Waals surface area contributed by atoms with Gasteiger partial charge in [0.15, 0.2) is 5.82 Å². The summed E-state index contributed by atoms with van der Waals surface area (Å²) in [5, 5.41) is 10.8. The van der Waals surface area contributed by atoms with Gasteiger partial charge in [0.2, 0.25) is 5.91 Å². The Bertz CT molecular complexity index is 395. The first-order valence-corrected chi connectivity index (χ1v) is 6.80. The lowest BCUT2D eigenvalue weighted by molar-refractivity contribution is -0.122. The Hall–Kier alpha value is -1.39. The van der Waals surface area contributed by atoms with Crippen LogP contribution < -0.4 is 5.32 Å². The molecule has 1 aliphatic carbocycles. The van der Waals surface area contributed by atoms with E-state index in [2.05, 4.69) is 15.5 Å². The van der Waals surface area contributed by atoms with Crippen LogP contribution in [0.25, 0.3) is 0 Å². The van der Waals surface area contributed by atoms with E-state index in [0.29, 0.717) is 6.42 Å². The smallest absolute Gasteiger partial charge is 0.220 e. The number of nitrogens with zero attached hydrogens (tertiary/aromatic N) is 3. The third-order valence-corrected chi connectivity index (χ3v) is 3.77. The molecule has 1 atom stereocenters. The Labute approximate surface area is 108 Å². The Balaban J connectivity index is 1.75. The molecule has 1 aliphatic rings. The van der Waals surface area contributed by atoms with Crippen molar-refractivity contribution >= 4 is 5.91 Å². The topological polar surface area (TPSA) is 59.8 Å². The molecule has 100 valence electrons. The van der Waals surface area contributed by atoms with E-state index < -0.39 is 0 Å². The number of hydrogen-bond donors (Lipinski definition) is 1. The summed E-state index contributed by atoms with van der Waals surface area (Å²) in [6.45, 7) is 1.94. The molecule has 0 bridgehead atoms. The molecule has 0 saturated heterocycles. The summed E-state index contributed by atoms with van der Waals surface area (Å²) in [6.07, 6.45) is 8.57. The van der Waals surface area contributed by atoms with Crippen LogP contribution in [-0.4, -0.2) is 20.7 Å². The van der Waals surface area contributed by atoms with Gasteiger partial charge < -0.3 is 9.88 Å². The van der Waals surface area contributed by atoms with Gasteiger partial charge in [0.25, 0.3) is 0 Å². The minimum atomic E-state index is -0.0754. The maximum atomic E-state index is 11.8. The van der Waals surface area contributed by atoms with Crippen molar-refractivity contribution in [1.82, 2.24) is 20.1 Å². The SMILES string of the molecule is CC(NC(=O)CCC1CCCC1)c1nncn1C. The maximum Gasteiger partial charge on any atom is 0.220 e. The highest BCUT2D eigenvalue weighted by molar-refractivity contribution is 5.76. The van der Waals surface area contributed by atoms with Gasteiger partial charge in [-0.2, -0.15) is 0 Å². The van der Waals surface area contributed by atoms with Gasteiger partial charge in [0.05, 0.1) is 6.04 Å². The normalized spacial score (nSPS) is 17.9. The van der Waals surface area contributed by atoms with E-state index in [1.54, 1.807) is 6.33 Å². The first-order valence-electron chi connectivity index (χ1n) is 6.80. The molecule has 1 heterocycles. The molecule has 0 radical (unpaired) electrons. The number of aromatic nitrogens is 3. The minimum absolute atomic E-state index is 0.0754. The van der Waals surface area contributed by atoms with Crippen LogP contribution in [0.2, 0.25) is 0 Å². The number of nitrogens with one attached hydrogen (secondary N) is 1. The lowest BCUT2D eigenvalue weighted by Crippen LogP contribution is -2.28. The maximum absolute atomic E-state index is 11.8. The molecule has 1 aromatic heterocycles. The van der Waals surface area contributed by atoms with E-state index >= 15 is 0 Å². The molecule has 5 nitrogen and oxygen atoms in total. The lowest BCUT2D eigenvalue weighted by atomic mass is 10.0.